The molecule has 0 fully saturated rings. The van der Waals surface area contributed by atoms with Crippen LogP contribution in [-0.2, 0) is 6.54 Å². The molecule has 3 aromatic rings. The maximum Gasteiger partial charge on any atom is 0.410 e. The molecular weight excluding hydrogens is 437 g/mol. The van der Waals surface area contributed by atoms with Gasteiger partial charge in [-0.3, -0.25) is 4.79 Å². The van der Waals surface area contributed by atoms with Gasteiger partial charge in [0.2, 0.25) is 0 Å². The third kappa shape index (κ3) is 4.74. The second-order valence-electron chi connectivity index (χ2n) is 7.63. The predicted molar refractivity (Wildman–Crippen MR) is 115 cm³/mol. The summed E-state index contributed by atoms with van der Waals surface area (Å²) in [6.07, 6.45) is -4.84. The van der Waals surface area contributed by atoms with Crippen molar-refractivity contribution < 1.29 is 27.4 Å². The van der Waals surface area contributed by atoms with Crippen LogP contribution in [0.25, 0.3) is 0 Å². The molecule has 4 rings (SSSR count). The Hall–Kier alpha value is -3.69. The van der Waals surface area contributed by atoms with Crippen molar-refractivity contribution in [3.63, 3.8) is 0 Å². The maximum absolute atomic E-state index is 13.9. The molecule has 0 bridgehead atoms. The highest BCUT2D eigenvalue weighted by atomic mass is 19.4. The Morgan fingerprint density at radius 2 is 1.85 bits per heavy atom. The van der Waals surface area contributed by atoms with E-state index in [4.69, 9.17) is 9.47 Å². The molecule has 2 aromatic carbocycles. The van der Waals surface area contributed by atoms with Crippen LogP contribution in [-0.4, -0.2) is 36.1 Å². The van der Waals surface area contributed by atoms with E-state index in [1.54, 1.807) is 18.2 Å². The largest absolute Gasteiger partial charge is 0.493 e. The highest BCUT2D eigenvalue weighted by Gasteiger charge is 2.47. The molecule has 33 heavy (non-hydrogen) atoms. The van der Waals surface area contributed by atoms with Crippen LogP contribution in [0.15, 0.2) is 54.6 Å². The van der Waals surface area contributed by atoms with Gasteiger partial charge < -0.3 is 20.1 Å². The zero-order valence-corrected chi connectivity index (χ0v) is 18.0. The lowest BCUT2D eigenvalue weighted by molar-refractivity contribution is -0.173. The smallest absolute Gasteiger partial charge is 0.410 e. The van der Waals surface area contributed by atoms with Gasteiger partial charge in [-0.1, -0.05) is 36.4 Å². The third-order valence-corrected chi connectivity index (χ3v) is 5.53. The molecule has 1 amide bonds. The van der Waals surface area contributed by atoms with Gasteiger partial charge in [0.05, 0.1) is 20.3 Å². The van der Waals surface area contributed by atoms with Gasteiger partial charge in [-0.05, 0) is 23.3 Å². The second kappa shape index (κ2) is 9.05. The van der Waals surface area contributed by atoms with Crippen LogP contribution in [0.4, 0.5) is 19.0 Å². The molecule has 0 radical (unpaired) electrons. The van der Waals surface area contributed by atoms with Gasteiger partial charge in [0.15, 0.2) is 23.2 Å². The molecule has 1 aliphatic heterocycles. The van der Waals surface area contributed by atoms with Gasteiger partial charge in [-0.15, -0.1) is 0 Å². The number of methoxy groups -OCH3 is 2. The third-order valence-electron chi connectivity index (χ3n) is 5.53. The Labute approximate surface area is 188 Å². The van der Waals surface area contributed by atoms with E-state index in [0.29, 0.717) is 17.1 Å². The van der Waals surface area contributed by atoms with Crippen LogP contribution in [0.3, 0.4) is 0 Å². The van der Waals surface area contributed by atoms with Crippen LogP contribution >= 0.6 is 0 Å². The van der Waals surface area contributed by atoms with E-state index in [1.165, 1.54) is 20.3 Å². The van der Waals surface area contributed by atoms with Gasteiger partial charge in [0.1, 0.15) is 5.82 Å². The lowest BCUT2D eigenvalue weighted by Gasteiger charge is -2.33. The van der Waals surface area contributed by atoms with Crippen molar-refractivity contribution in [2.75, 3.05) is 19.5 Å². The van der Waals surface area contributed by atoms with E-state index in [2.05, 4.69) is 15.7 Å². The van der Waals surface area contributed by atoms with Crippen LogP contribution in [0.1, 0.15) is 40.1 Å². The van der Waals surface area contributed by atoms with Crippen LogP contribution in [0, 0.1) is 0 Å². The Morgan fingerprint density at radius 3 is 2.52 bits per heavy atom. The number of ether oxygens (including phenoxy) is 2. The summed E-state index contributed by atoms with van der Waals surface area (Å²) in [5.41, 5.74) is 1.38. The predicted octanol–water partition coefficient (Wildman–Crippen LogP) is 4.49. The number of amides is 1. The van der Waals surface area contributed by atoms with Crippen molar-refractivity contribution >= 4 is 11.7 Å². The van der Waals surface area contributed by atoms with Gasteiger partial charge >= 0.3 is 6.18 Å². The lowest BCUT2D eigenvalue weighted by Crippen LogP contribution is -2.35. The van der Waals surface area contributed by atoms with E-state index in [1.807, 2.05) is 30.3 Å². The summed E-state index contributed by atoms with van der Waals surface area (Å²) < 4.78 is 53.1. The first-order valence-corrected chi connectivity index (χ1v) is 10.3. The minimum atomic E-state index is -4.55. The summed E-state index contributed by atoms with van der Waals surface area (Å²) in [5.74, 6) is 0.464. The molecular formula is C23H23F3N4O3. The molecule has 7 nitrogen and oxygen atoms in total. The Morgan fingerprint density at radius 1 is 1.12 bits per heavy atom. The molecule has 2 atom stereocenters. The molecule has 0 unspecified atom stereocenters. The number of fused-ring (bicyclic) bond motifs is 1. The normalized spacial score (nSPS) is 17.6. The number of hydrogen-bond donors (Lipinski definition) is 2. The molecule has 0 spiro atoms. The molecule has 174 valence electrons. The summed E-state index contributed by atoms with van der Waals surface area (Å²) in [7, 11) is 2.95. The zero-order chi connectivity index (χ0) is 23.6. The first-order valence-electron chi connectivity index (χ1n) is 10.3. The van der Waals surface area contributed by atoms with Gasteiger partial charge in [-0.2, -0.15) is 18.3 Å². The van der Waals surface area contributed by atoms with Crippen molar-refractivity contribution in [1.82, 2.24) is 15.1 Å². The number of benzene rings is 2. The van der Waals surface area contributed by atoms with E-state index >= 15 is 0 Å². The summed E-state index contributed by atoms with van der Waals surface area (Å²) in [6, 6.07) is 13.0. The number of rotatable bonds is 6. The summed E-state index contributed by atoms with van der Waals surface area (Å²) >= 11 is 0. The van der Waals surface area contributed by atoms with Crippen molar-refractivity contribution in [2.45, 2.75) is 31.2 Å². The monoisotopic (exact) mass is 460 g/mol. The zero-order valence-electron chi connectivity index (χ0n) is 18.0. The summed E-state index contributed by atoms with van der Waals surface area (Å²) in [6.45, 7) is 0.242. The van der Waals surface area contributed by atoms with Crippen molar-refractivity contribution in [1.29, 1.82) is 0 Å². The van der Waals surface area contributed by atoms with Gasteiger partial charge in [0.25, 0.3) is 5.91 Å². The van der Waals surface area contributed by atoms with E-state index in [-0.39, 0.29) is 24.5 Å². The number of aromatic nitrogens is 2. The number of carbonyl (C=O) groups excluding carboxylic acids is 1. The minimum Gasteiger partial charge on any atom is -0.493 e. The molecule has 1 aromatic heterocycles. The summed E-state index contributed by atoms with van der Waals surface area (Å²) in [5, 5.41) is 9.75. The van der Waals surface area contributed by atoms with Crippen LogP contribution < -0.4 is 20.1 Å². The molecule has 2 heterocycles. The average molecular weight is 460 g/mol. The van der Waals surface area contributed by atoms with Gasteiger partial charge in [0, 0.05) is 19.0 Å². The first kappa shape index (κ1) is 22.5. The number of nitrogens with one attached hydrogen (secondary N) is 2. The fourth-order valence-corrected chi connectivity index (χ4v) is 3.84. The van der Waals surface area contributed by atoms with Gasteiger partial charge in [-0.25, -0.2) is 4.68 Å². The van der Waals surface area contributed by atoms with Crippen molar-refractivity contribution in [3.8, 4) is 11.5 Å². The topological polar surface area (TPSA) is 77.4 Å². The number of nitrogens with zero attached hydrogens (tertiary/aromatic N) is 2. The quantitative estimate of drug-likeness (QED) is 0.567. The Bertz CT molecular complexity index is 1130. The lowest BCUT2D eigenvalue weighted by atomic mass is 9.96. The maximum atomic E-state index is 13.9. The molecule has 2 N–H and O–H groups in total. The van der Waals surface area contributed by atoms with Crippen LogP contribution in [0.2, 0.25) is 0 Å². The van der Waals surface area contributed by atoms with E-state index in [9.17, 15) is 18.0 Å². The van der Waals surface area contributed by atoms with Crippen molar-refractivity contribution in [2.24, 2.45) is 0 Å². The molecule has 0 aliphatic carbocycles. The summed E-state index contributed by atoms with van der Waals surface area (Å²) in [4.78, 5) is 12.6. The number of alkyl halides is 3. The highest BCUT2D eigenvalue weighted by Crippen LogP contribution is 2.44. The second-order valence-corrected chi connectivity index (χ2v) is 7.63. The molecule has 1 aliphatic rings. The Balaban J connectivity index is 1.60. The Kier molecular flexibility index (Phi) is 6.17. The van der Waals surface area contributed by atoms with E-state index < -0.39 is 24.2 Å². The number of halogens is 3. The van der Waals surface area contributed by atoms with Crippen molar-refractivity contribution in [3.05, 3.63) is 71.4 Å². The standard InChI is InChI=1S/C23H23F3N4O3/c1-32-18-9-8-15(10-19(18)33-2)16-11-20(23(24,25)26)30-21(28-16)12-17(29-30)22(31)27-13-14-6-4-3-5-7-14/h3-10,12,16,20,28H,11,13H2,1-2H3,(H,27,31)/t16-,20-/m1/s1. The van der Waals surface area contributed by atoms with E-state index in [0.717, 1.165) is 10.2 Å². The minimum absolute atomic E-state index is 0.0874. The fourth-order valence-electron chi connectivity index (χ4n) is 3.84. The number of anilines is 1. The molecule has 0 saturated carbocycles. The molecule has 10 heteroatoms. The first-order chi connectivity index (χ1) is 15.8. The number of carbonyl (C=O) groups is 1. The average Bonchev–Trinajstić information content (AvgIpc) is 3.25. The molecule has 0 saturated heterocycles. The highest BCUT2D eigenvalue weighted by molar-refractivity contribution is 5.93. The van der Waals surface area contributed by atoms with Crippen LogP contribution in [0.5, 0.6) is 11.5 Å². The fraction of sp³-hybridized carbons (Fsp3) is 0.304. The number of hydrogen-bond acceptors (Lipinski definition) is 5. The SMILES string of the molecule is COc1ccc([C@H]2C[C@H](C(F)(F)F)n3nc(C(=O)NCc4ccccc4)cc3N2)cc1OC.